The van der Waals surface area contributed by atoms with E-state index >= 15 is 0 Å². The molecule has 4 rings (SSSR count). The number of benzene rings is 3. The Balaban J connectivity index is 1.43. The Labute approximate surface area is 192 Å². The van der Waals surface area contributed by atoms with Crippen LogP contribution in [0.5, 0.6) is 11.5 Å². The van der Waals surface area contributed by atoms with Crippen LogP contribution in [0.3, 0.4) is 0 Å². The van der Waals surface area contributed by atoms with Gasteiger partial charge in [0.2, 0.25) is 0 Å². The van der Waals surface area contributed by atoms with Crippen LogP contribution in [0.4, 0.5) is 4.79 Å². The summed E-state index contributed by atoms with van der Waals surface area (Å²) in [6.45, 7) is 0.436. The largest absolute Gasteiger partial charge is 0.496 e. The molecule has 0 N–H and O–H groups in total. The number of methoxy groups -OCH3 is 1. The average molecular weight is 531 g/mol. The number of amides is 2. The van der Waals surface area contributed by atoms with E-state index in [0.717, 1.165) is 43.2 Å². The Morgan fingerprint density at radius 2 is 1.83 bits per heavy atom. The van der Waals surface area contributed by atoms with Crippen molar-refractivity contribution in [1.82, 2.24) is 4.90 Å². The van der Waals surface area contributed by atoms with Crippen molar-refractivity contribution < 1.29 is 19.1 Å². The van der Waals surface area contributed by atoms with Gasteiger partial charge >= 0.3 is 0 Å². The molecule has 2 amide bonds. The predicted octanol–water partition coefficient (Wildman–Crippen LogP) is 5.57. The molecule has 1 heterocycles. The zero-order valence-electron chi connectivity index (χ0n) is 16.1. The summed E-state index contributed by atoms with van der Waals surface area (Å²) < 4.78 is 12.1. The van der Waals surface area contributed by atoms with Crippen molar-refractivity contribution in [1.29, 1.82) is 0 Å². The fourth-order valence-electron chi connectivity index (χ4n) is 3.19. The van der Waals surface area contributed by atoms with Gasteiger partial charge in [-0.15, -0.1) is 0 Å². The Morgan fingerprint density at radius 1 is 1.03 bits per heavy atom. The Kier molecular flexibility index (Phi) is 6.29. The molecule has 1 saturated heterocycles. The first-order chi connectivity index (χ1) is 14.6. The number of thioether (sulfide) groups is 1. The maximum Gasteiger partial charge on any atom is 0.293 e. The smallest absolute Gasteiger partial charge is 0.293 e. The monoisotopic (exact) mass is 531 g/mol. The summed E-state index contributed by atoms with van der Waals surface area (Å²) in [6, 6.07) is 19.4. The van der Waals surface area contributed by atoms with Gasteiger partial charge in [0, 0.05) is 5.39 Å². The first-order valence-electron chi connectivity index (χ1n) is 9.26. The molecule has 3 aromatic rings. The van der Waals surface area contributed by atoms with Crippen molar-refractivity contribution in [3.05, 3.63) is 74.7 Å². The zero-order chi connectivity index (χ0) is 21.1. The lowest BCUT2D eigenvalue weighted by Gasteiger charge is -2.14. The van der Waals surface area contributed by atoms with Crippen LogP contribution in [0, 0.1) is 3.57 Å². The molecule has 0 bridgehead atoms. The maximum absolute atomic E-state index is 12.7. The quantitative estimate of drug-likeness (QED) is 0.308. The Hall–Kier alpha value is -2.52. The van der Waals surface area contributed by atoms with E-state index < -0.39 is 0 Å². The van der Waals surface area contributed by atoms with E-state index in [1.807, 2.05) is 60.7 Å². The predicted molar refractivity (Wildman–Crippen MR) is 128 cm³/mol. The molecular formula is C23H18INO4S. The van der Waals surface area contributed by atoms with Crippen LogP contribution in [0.2, 0.25) is 0 Å². The highest BCUT2D eigenvalue weighted by Crippen LogP contribution is 2.33. The third kappa shape index (κ3) is 4.32. The molecule has 0 spiro atoms. The number of hydrogen-bond acceptors (Lipinski definition) is 5. The molecule has 7 heteroatoms. The lowest BCUT2D eigenvalue weighted by Crippen LogP contribution is -2.32. The summed E-state index contributed by atoms with van der Waals surface area (Å²) in [7, 11) is 1.61. The van der Waals surface area contributed by atoms with E-state index in [9.17, 15) is 9.59 Å². The van der Waals surface area contributed by atoms with Crippen LogP contribution in [0.25, 0.3) is 16.8 Å². The summed E-state index contributed by atoms with van der Waals surface area (Å²) in [5.41, 5.74) is 0.845. The first-order valence-corrected chi connectivity index (χ1v) is 11.2. The van der Waals surface area contributed by atoms with Gasteiger partial charge < -0.3 is 9.47 Å². The summed E-state index contributed by atoms with van der Waals surface area (Å²) in [4.78, 5) is 26.7. The summed E-state index contributed by atoms with van der Waals surface area (Å²) >= 11 is 3.13. The molecule has 0 atom stereocenters. The summed E-state index contributed by atoms with van der Waals surface area (Å²) in [5.74, 6) is 1.22. The fraction of sp³-hybridized carbons (Fsp3) is 0.130. The van der Waals surface area contributed by atoms with Gasteiger partial charge in [-0.05, 0) is 69.6 Å². The standard InChI is InChI=1S/C23H18INO4S/c1-28-20-10-9-15(13-18(20)24)14-21-22(26)25(23(27)30-21)11-12-29-19-8-4-6-16-5-2-3-7-17(16)19/h2-10,13-14H,11-12H2,1H3/b21-14-. The van der Waals surface area contributed by atoms with Gasteiger partial charge in [0.15, 0.2) is 0 Å². The number of nitrogens with zero attached hydrogens (tertiary/aromatic N) is 1. The van der Waals surface area contributed by atoms with E-state index in [0.29, 0.717) is 4.91 Å². The van der Waals surface area contributed by atoms with E-state index in [2.05, 4.69) is 22.6 Å². The molecule has 0 aliphatic carbocycles. The lowest BCUT2D eigenvalue weighted by atomic mass is 10.1. The van der Waals surface area contributed by atoms with E-state index in [1.165, 1.54) is 4.90 Å². The number of rotatable bonds is 6. The normalized spacial score (nSPS) is 15.3. The maximum atomic E-state index is 12.7. The van der Waals surface area contributed by atoms with E-state index in [-0.39, 0.29) is 24.3 Å². The number of hydrogen-bond donors (Lipinski definition) is 0. The van der Waals surface area contributed by atoms with Crippen LogP contribution in [-0.2, 0) is 4.79 Å². The highest BCUT2D eigenvalue weighted by atomic mass is 127. The van der Waals surface area contributed by atoms with Crippen molar-refractivity contribution in [3.8, 4) is 11.5 Å². The number of halogens is 1. The SMILES string of the molecule is COc1ccc(/C=C2\SC(=O)N(CCOc3cccc4ccccc34)C2=O)cc1I. The van der Waals surface area contributed by atoms with Gasteiger partial charge in [0.25, 0.3) is 11.1 Å². The number of carbonyl (C=O) groups is 2. The second-order valence-corrected chi connectivity index (χ2v) is 8.71. The summed E-state index contributed by atoms with van der Waals surface area (Å²) in [5, 5.41) is 1.80. The minimum absolute atomic E-state index is 0.200. The topological polar surface area (TPSA) is 55.8 Å². The Bertz CT molecular complexity index is 1160. The zero-order valence-corrected chi connectivity index (χ0v) is 19.1. The van der Waals surface area contributed by atoms with Crippen molar-refractivity contribution in [2.75, 3.05) is 20.3 Å². The van der Waals surface area contributed by atoms with Gasteiger partial charge in [-0.2, -0.15) is 0 Å². The molecule has 1 fully saturated rings. The minimum Gasteiger partial charge on any atom is -0.496 e. The first kappa shape index (κ1) is 20.7. The molecule has 0 unspecified atom stereocenters. The number of imide groups is 1. The third-order valence-electron chi connectivity index (χ3n) is 4.67. The minimum atomic E-state index is -0.294. The molecule has 30 heavy (non-hydrogen) atoms. The van der Waals surface area contributed by atoms with Crippen LogP contribution in [0.15, 0.2) is 65.6 Å². The molecule has 1 aliphatic rings. The van der Waals surface area contributed by atoms with Crippen LogP contribution >= 0.6 is 34.4 Å². The highest BCUT2D eigenvalue weighted by Gasteiger charge is 2.34. The van der Waals surface area contributed by atoms with Crippen molar-refractivity contribution >= 4 is 62.3 Å². The molecule has 0 radical (unpaired) electrons. The van der Waals surface area contributed by atoms with Gasteiger partial charge in [-0.3, -0.25) is 14.5 Å². The Morgan fingerprint density at radius 3 is 2.63 bits per heavy atom. The molecule has 1 aliphatic heterocycles. The molecule has 3 aromatic carbocycles. The van der Waals surface area contributed by atoms with Gasteiger partial charge in [0.05, 0.1) is 22.1 Å². The molecule has 0 saturated carbocycles. The van der Waals surface area contributed by atoms with Crippen LogP contribution < -0.4 is 9.47 Å². The molecule has 152 valence electrons. The van der Waals surface area contributed by atoms with E-state index in [1.54, 1.807) is 13.2 Å². The number of carbonyl (C=O) groups excluding carboxylic acids is 2. The second-order valence-electron chi connectivity index (χ2n) is 6.55. The number of ether oxygens (including phenoxy) is 2. The lowest BCUT2D eigenvalue weighted by molar-refractivity contribution is -0.123. The summed E-state index contributed by atoms with van der Waals surface area (Å²) in [6.07, 6.45) is 1.73. The third-order valence-corrected chi connectivity index (χ3v) is 6.42. The van der Waals surface area contributed by atoms with Crippen molar-refractivity contribution in [2.45, 2.75) is 0 Å². The molecule has 0 aromatic heterocycles. The van der Waals surface area contributed by atoms with Gasteiger partial charge in [-0.1, -0.05) is 42.5 Å². The van der Waals surface area contributed by atoms with E-state index in [4.69, 9.17) is 9.47 Å². The van der Waals surface area contributed by atoms with Crippen LogP contribution in [-0.4, -0.2) is 36.3 Å². The average Bonchev–Trinajstić information content (AvgIpc) is 3.01. The van der Waals surface area contributed by atoms with Crippen LogP contribution in [0.1, 0.15) is 5.56 Å². The molecular weight excluding hydrogens is 513 g/mol. The van der Waals surface area contributed by atoms with Gasteiger partial charge in [-0.25, -0.2) is 0 Å². The van der Waals surface area contributed by atoms with Crippen molar-refractivity contribution in [3.63, 3.8) is 0 Å². The second kappa shape index (κ2) is 9.09. The molecule has 5 nitrogen and oxygen atoms in total. The number of fused-ring (bicyclic) bond motifs is 1. The van der Waals surface area contributed by atoms with Crippen molar-refractivity contribution in [2.24, 2.45) is 0 Å². The fourth-order valence-corrected chi connectivity index (χ4v) is 4.81. The highest BCUT2D eigenvalue weighted by molar-refractivity contribution is 14.1. The van der Waals surface area contributed by atoms with Gasteiger partial charge in [0.1, 0.15) is 18.1 Å².